The summed E-state index contributed by atoms with van der Waals surface area (Å²) >= 11 is 0. The minimum Gasteiger partial charge on any atom is -0.481 e. The van der Waals surface area contributed by atoms with Crippen LogP contribution in [0.4, 0.5) is 0 Å². The minimum atomic E-state index is -1.68. The van der Waals surface area contributed by atoms with E-state index in [9.17, 15) is 24.0 Å². The molecule has 1 atom stereocenters. The predicted octanol–water partition coefficient (Wildman–Crippen LogP) is -2.28. The molecule has 0 aliphatic rings. The first kappa shape index (κ1) is 14.2. The highest BCUT2D eigenvalue weighted by molar-refractivity contribution is 5.96. The third-order valence-corrected chi connectivity index (χ3v) is 2.05. The van der Waals surface area contributed by atoms with Gasteiger partial charge in [0.2, 0.25) is 0 Å². The molecule has 0 saturated carbocycles. The molecule has 102 valence electrons. The highest BCUT2D eigenvalue weighted by Gasteiger charge is 2.24. The highest BCUT2D eigenvalue weighted by Crippen LogP contribution is 1.95. The first-order chi connectivity index (χ1) is 8.81. The molecule has 1 heterocycles. The van der Waals surface area contributed by atoms with Crippen LogP contribution in [-0.2, 0) is 9.59 Å². The molecule has 10 heteroatoms. The number of carbonyl (C=O) groups excluding carboxylic acids is 1. The van der Waals surface area contributed by atoms with Crippen molar-refractivity contribution in [2.75, 3.05) is 0 Å². The number of carboxylic acid groups (broad SMARTS) is 2. The summed E-state index contributed by atoms with van der Waals surface area (Å²) in [6.07, 6.45) is -0.0431. The van der Waals surface area contributed by atoms with Gasteiger partial charge in [0.05, 0.1) is 6.42 Å². The standard InChI is InChI=1S/C9H9N3O7/c13-5(14)1-4(8(17)18)11-6(15)3-2-10-9(19)12-7(3)16/h2,4H,1H2,(H,11,15)(H,13,14)(H,17,18)(H2,10,12,16,19). The summed E-state index contributed by atoms with van der Waals surface area (Å²) in [5.74, 6) is -4.09. The molecule has 1 aromatic rings. The number of H-pyrrole nitrogens is 2. The second kappa shape index (κ2) is 5.62. The summed E-state index contributed by atoms with van der Waals surface area (Å²) in [6.45, 7) is 0. The molecule has 1 aromatic heterocycles. The van der Waals surface area contributed by atoms with Gasteiger partial charge in [-0.2, -0.15) is 0 Å². The molecule has 0 aliphatic carbocycles. The number of carbonyl (C=O) groups is 3. The Kier molecular flexibility index (Phi) is 4.19. The Labute approximate surface area is 104 Å². The molecule has 0 aromatic carbocycles. The van der Waals surface area contributed by atoms with Gasteiger partial charge in [0.15, 0.2) is 0 Å². The second-order valence-corrected chi connectivity index (χ2v) is 3.45. The lowest BCUT2D eigenvalue weighted by Gasteiger charge is -2.11. The molecule has 0 aliphatic heterocycles. The van der Waals surface area contributed by atoms with Gasteiger partial charge in [-0.05, 0) is 0 Å². The van der Waals surface area contributed by atoms with E-state index in [4.69, 9.17) is 10.2 Å². The Morgan fingerprint density at radius 3 is 2.37 bits per heavy atom. The molecular formula is C9H9N3O7. The Morgan fingerprint density at radius 1 is 1.26 bits per heavy atom. The highest BCUT2D eigenvalue weighted by atomic mass is 16.4. The molecule has 1 rings (SSSR count). The number of carboxylic acids is 2. The Bertz CT molecular complexity index is 629. The number of hydrogen-bond donors (Lipinski definition) is 5. The summed E-state index contributed by atoms with van der Waals surface area (Å²) in [7, 11) is 0. The third-order valence-electron chi connectivity index (χ3n) is 2.05. The molecule has 0 bridgehead atoms. The number of amides is 1. The molecule has 5 N–H and O–H groups in total. The minimum absolute atomic E-state index is 0.531. The van der Waals surface area contributed by atoms with Gasteiger partial charge in [-0.1, -0.05) is 0 Å². The van der Waals surface area contributed by atoms with Crippen molar-refractivity contribution >= 4 is 17.8 Å². The van der Waals surface area contributed by atoms with Crippen molar-refractivity contribution in [3.05, 3.63) is 32.6 Å². The third kappa shape index (κ3) is 3.80. The van der Waals surface area contributed by atoms with Crippen LogP contribution in [0.3, 0.4) is 0 Å². The van der Waals surface area contributed by atoms with Gasteiger partial charge < -0.3 is 20.5 Å². The van der Waals surface area contributed by atoms with Crippen LogP contribution in [0, 0.1) is 0 Å². The molecule has 19 heavy (non-hydrogen) atoms. The van der Waals surface area contributed by atoms with Crippen LogP contribution in [0.25, 0.3) is 0 Å². The topological polar surface area (TPSA) is 169 Å². The molecule has 0 radical (unpaired) electrons. The molecule has 0 saturated heterocycles. The van der Waals surface area contributed by atoms with Crippen LogP contribution < -0.4 is 16.6 Å². The average molecular weight is 271 g/mol. The van der Waals surface area contributed by atoms with Crippen LogP contribution in [0.15, 0.2) is 15.8 Å². The van der Waals surface area contributed by atoms with Crippen LogP contribution in [0.5, 0.6) is 0 Å². The number of hydrogen-bond acceptors (Lipinski definition) is 5. The smallest absolute Gasteiger partial charge is 0.326 e. The summed E-state index contributed by atoms with van der Waals surface area (Å²) in [5, 5.41) is 19.0. The van der Waals surface area contributed by atoms with Crippen LogP contribution in [0.1, 0.15) is 16.8 Å². The van der Waals surface area contributed by atoms with Crippen molar-refractivity contribution in [2.45, 2.75) is 12.5 Å². The lowest BCUT2D eigenvalue weighted by atomic mass is 10.2. The second-order valence-electron chi connectivity index (χ2n) is 3.45. The van der Waals surface area contributed by atoms with E-state index in [2.05, 4.69) is 0 Å². The number of aromatic nitrogens is 2. The number of aliphatic carboxylic acids is 2. The summed E-state index contributed by atoms with van der Waals surface area (Å²) in [4.78, 5) is 58.5. The molecule has 1 amide bonds. The maximum atomic E-state index is 11.6. The van der Waals surface area contributed by atoms with E-state index in [1.165, 1.54) is 0 Å². The first-order valence-electron chi connectivity index (χ1n) is 4.88. The molecule has 10 nitrogen and oxygen atoms in total. The maximum Gasteiger partial charge on any atom is 0.326 e. The quantitative estimate of drug-likeness (QED) is 0.401. The fourth-order valence-corrected chi connectivity index (χ4v) is 1.19. The average Bonchev–Trinajstić information content (AvgIpc) is 2.26. The van der Waals surface area contributed by atoms with E-state index >= 15 is 0 Å². The summed E-state index contributed by atoms with van der Waals surface area (Å²) in [6, 6.07) is -1.68. The molecule has 0 fully saturated rings. The van der Waals surface area contributed by atoms with Crippen molar-refractivity contribution in [3.8, 4) is 0 Å². The zero-order valence-corrected chi connectivity index (χ0v) is 9.30. The SMILES string of the molecule is O=C(O)CC(NC(=O)c1c[nH]c(=O)[nH]c1=O)C(=O)O. The van der Waals surface area contributed by atoms with Crippen molar-refractivity contribution in [2.24, 2.45) is 0 Å². The van der Waals surface area contributed by atoms with Gasteiger partial charge in [-0.25, -0.2) is 9.59 Å². The van der Waals surface area contributed by atoms with Crippen molar-refractivity contribution in [1.82, 2.24) is 15.3 Å². The Hall–Kier alpha value is -2.91. The maximum absolute atomic E-state index is 11.6. The van der Waals surface area contributed by atoms with E-state index < -0.39 is 47.1 Å². The van der Waals surface area contributed by atoms with Crippen LogP contribution in [-0.4, -0.2) is 44.1 Å². The normalized spacial score (nSPS) is 11.6. The van der Waals surface area contributed by atoms with Gasteiger partial charge in [0.1, 0.15) is 11.6 Å². The van der Waals surface area contributed by atoms with E-state index in [0.717, 1.165) is 6.20 Å². The van der Waals surface area contributed by atoms with Gasteiger partial charge in [-0.15, -0.1) is 0 Å². The predicted molar refractivity (Wildman–Crippen MR) is 58.8 cm³/mol. The van der Waals surface area contributed by atoms with Crippen LogP contribution in [0.2, 0.25) is 0 Å². The van der Waals surface area contributed by atoms with Gasteiger partial charge in [0.25, 0.3) is 11.5 Å². The summed E-state index contributed by atoms with van der Waals surface area (Å²) < 4.78 is 0. The van der Waals surface area contributed by atoms with Crippen molar-refractivity contribution in [3.63, 3.8) is 0 Å². The number of aromatic amines is 2. The van der Waals surface area contributed by atoms with E-state index in [-0.39, 0.29) is 0 Å². The Balaban J connectivity index is 2.94. The lowest BCUT2D eigenvalue weighted by Crippen LogP contribution is -2.44. The zero-order valence-electron chi connectivity index (χ0n) is 9.30. The van der Waals surface area contributed by atoms with Crippen molar-refractivity contribution < 1.29 is 24.6 Å². The molecule has 0 spiro atoms. The van der Waals surface area contributed by atoms with E-state index in [1.807, 2.05) is 10.3 Å². The number of rotatable bonds is 5. The van der Waals surface area contributed by atoms with E-state index in [0.29, 0.717) is 0 Å². The zero-order chi connectivity index (χ0) is 14.6. The monoisotopic (exact) mass is 271 g/mol. The first-order valence-corrected chi connectivity index (χ1v) is 4.88. The van der Waals surface area contributed by atoms with Gasteiger partial charge in [0, 0.05) is 6.20 Å². The fourth-order valence-electron chi connectivity index (χ4n) is 1.19. The van der Waals surface area contributed by atoms with Crippen LogP contribution >= 0.6 is 0 Å². The molecule has 1 unspecified atom stereocenters. The largest absolute Gasteiger partial charge is 0.481 e. The summed E-state index contributed by atoms with van der Waals surface area (Å²) in [5.41, 5.74) is -2.38. The van der Waals surface area contributed by atoms with E-state index in [1.54, 1.807) is 4.98 Å². The van der Waals surface area contributed by atoms with Crippen molar-refractivity contribution in [1.29, 1.82) is 0 Å². The number of nitrogens with one attached hydrogen (secondary N) is 3. The van der Waals surface area contributed by atoms with Gasteiger partial charge >= 0.3 is 17.6 Å². The van der Waals surface area contributed by atoms with Gasteiger partial charge in [-0.3, -0.25) is 19.4 Å². The fraction of sp³-hybridized carbons (Fsp3) is 0.222. The lowest BCUT2D eigenvalue weighted by molar-refractivity contribution is -0.145. The Morgan fingerprint density at radius 2 is 1.89 bits per heavy atom. The molecular weight excluding hydrogens is 262 g/mol.